The highest BCUT2D eigenvalue weighted by Crippen LogP contribution is 2.22. The predicted octanol–water partition coefficient (Wildman–Crippen LogP) is 3.15. The quantitative estimate of drug-likeness (QED) is 0.935. The summed E-state index contributed by atoms with van der Waals surface area (Å²) in [5, 5.41) is 3.46. The van der Waals surface area contributed by atoms with Crippen LogP contribution in [0, 0.1) is 0 Å². The maximum absolute atomic E-state index is 5.28. The fourth-order valence-corrected chi connectivity index (χ4v) is 2.92. The normalized spacial score (nSPS) is 18.4. The zero-order valence-corrected chi connectivity index (χ0v) is 12.5. The Hall–Kier alpha value is -1.87. The maximum Gasteiger partial charge on any atom is 0.119 e. The van der Waals surface area contributed by atoms with E-state index >= 15 is 0 Å². The molecule has 1 aromatic heterocycles. The number of aromatic nitrogens is 1. The van der Waals surface area contributed by atoms with E-state index in [2.05, 4.69) is 35.6 Å². The molecule has 1 aromatic carbocycles. The summed E-state index contributed by atoms with van der Waals surface area (Å²) in [7, 11) is 1.70. The summed E-state index contributed by atoms with van der Waals surface area (Å²) in [6.07, 6.45) is 3.33. The Balaban J connectivity index is 1.76. The standard InChI is InChI=1S/C18H22N2O/c1-21-17-8-2-5-14(12-17)11-16-7-3-9-18(20-16)15-6-4-10-19-13-15/h2-3,5,7-9,12,15,19H,4,6,10-11,13H2,1H3/t15-/m1/s1. The Morgan fingerprint density at radius 1 is 1.24 bits per heavy atom. The minimum Gasteiger partial charge on any atom is -0.497 e. The van der Waals surface area contributed by atoms with E-state index in [1.165, 1.54) is 24.1 Å². The van der Waals surface area contributed by atoms with Crippen molar-refractivity contribution in [1.29, 1.82) is 0 Å². The van der Waals surface area contributed by atoms with Crippen molar-refractivity contribution in [3.63, 3.8) is 0 Å². The summed E-state index contributed by atoms with van der Waals surface area (Å²) in [4.78, 5) is 4.87. The van der Waals surface area contributed by atoms with E-state index in [0.717, 1.165) is 31.0 Å². The Morgan fingerprint density at radius 2 is 2.14 bits per heavy atom. The van der Waals surface area contributed by atoms with Crippen LogP contribution in [0.5, 0.6) is 5.75 Å². The molecular formula is C18H22N2O. The van der Waals surface area contributed by atoms with E-state index in [1.807, 2.05) is 12.1 Å². The van der Waals surface area contributed by atoms with E-state index in [4.69, 9.17) is 9.72 Å². The van der Waals surface area contributed by atoms with Crippen molar-refractivity contribution in [3.8, 4) is 5.75 Å². The molecule has 0 bridgehead atoms. The third-order valence-corrected chi connectivity index (χ3v) is 4.06. The van der Waals surface area contributed by atoms with Gasteiger partial charge in [-0.1, -0.05) is 18.2 Å². The van der Waals surface area contributed by atoms with Crippen LogP contribution in [0.3, 0.4) is 0 Å². The average Bonchev–Trinajstić information content (AvgIpc) is 2.56. The lowest BCUT2D eigenvalue weighted by Gasteiger charge is -2.22. The number of piperidine rings is 1. The Kier molecular flexibility index (Phi) is 4.51. The molecule has 0 spiro atoms. The first-order valence-electron chi connectivity index (χ1n) is 7.64. The summed E-state index contributed by atoms with van der Waals surface area (Å²) in [5.74, 6) is 1.46. The SMILES string of the molecule is COc1cccc(Cc2cccc([C@@H]3CCCNC3)n2)c1. The van der Waals surface area contributed by atoms with Crippen LogP contribution in [0.25, 0.3) is 0 Å². The molecule has 1 aliphatic rings. The Bertz CT molecular complexity index is 591. The van der Waals surface area contributed by atoms with E-state index in [1.54, 1.807) is 7.11 Å². The molecule has 1 fully saturated rings. The second-order valence-electron chi connectivity index (χ2n) is 5.63. The molecule has 2 heterocycles. The number of ether oxygens (including phenoxy) is 1. The first-order chi connectivity index (χ1) is 10.3. The van der Waals surface area contributed by atoms with Gasteiger partial charge in [-0.15, -0.1) is 0 Å². The van der Waals surface area contributed by atoms with Crippen LogP contribution in [0.1, 0.15) is 35.7 Å². The van der Waals surface area contributed by atoms with Gasteiger partial charge in [0.2, 0.25) is 0 Å². The van der Waals surface area contributed by atoms with Gasteiger partial charge in [-0.2, -0.15) is 0 Å². The fourth-order valence-electron chi connectivity index (χ4n) is 2.92. The summed E-state index contributed by atoms with van der Waals surface area (Å²) in [6.45, 7) is 2.19. The van der Waals surface area contributed by atoms with Crippen LogP contribution in [0.15, 0.2) is 42.5 Å². The molecular weight excluding hydrogens is 260 g/mol. The molecule has 0 unspecified atom stereocenters. The number of hydrogen-bond donors (Lipinski definition) is 1. The smallest absolute Gasteiger partial charge is 0.119 e. The lowest BCUT2D eigenvalue weighted by atomic mass is 9.95. The second-order valence-corrected chi connectivity index (χ2v) is 5.63. The molecule has 3 rings (SSSR count). The van der Waals surface area contributed by atoms with Gasteiger partial charge in [-0.3, -0.25) is 4.98 Å². The van der Waals surface area contributed by atoms with Crippen LogP contribution < -0.4 is 10.1 Å². The van der Waals surface area contributed by atoms with E-state index in [-0.39, 0.29) is 0 Å². The van der Waals surface area contributed by atoms with Crippen molar-refractivity contribution in [1.82, 2.24) is 10.3 Å². The molecule has 1 aliphatic heterocycles. The second kappa shape index (κ2) is 6.72. The molecule has 1 atom stereocenters. The van der Waals surface area contributed by atoms with E-state index < -0.39 is 0 Å². The molecule has 21 heavy (non-hydrogen) atoms. The van der Waals surface area contributed by atoms with Gasteiger partial charge in [-0.05, 0) is 49.2 Å². The molecule has 0 radical (unpaired) electrons. The molecule has 1 saturated heterocycles. The number of pyridine rings is 1. The number of methoxy groups -OCH3 is 1. The third kappa shape index (κ3) is 3.61. The van der Waals surface area contributed by atoms with Gasteiger partial charge in [0.1, 0.15) is 5.75 Å². The van der Waals surface area contributed by atoms with Crippen molar-refractivity contribution in [2.45, 2.75) is 25.2 Å². The maximum atomic E-state index is 5.28. The fraction of sp³-hybridized carbons (Fsp3) is 0.389. The molecule has 110 valence electrons. The average molecular weight is 282 g/mol. The lowest BCUT2D eigenvalue weighted by molar-refractivity contribution is 0.414. The minimum atomic E-state index is 0.559. The van der Waals surface area contributed by atoms with Crippen molar-refractivity contribution in [2.24, 2.45) is 0 Å². The Morgan fingerprint density at radius 3 is 2.95 bits per heavy atom. The minimum absolute atomic E-state index is 0.559. The van der Waals surface area contributed by atoms with Crippen LogP contribution in [-0.2, 0) is 6.42 Å². The van der Waals surface area contributed by atoms with Crippen molar-refractivity contribution >= 4 is 0 Å². The lowest BCUT2D eigenvalue weighted by Crippen LogP contribution is -2.28. The predicted molar refractivity (Wildman–Crippen MR) is 84.9 cm³/mol. The largest absolute Gasteiger partial charge is 0.497 e. The summed E-state index contributed by atoms with van der Waals surface area (Å²) in [6, 6.07) is 14.6. The molecule has 0 aliphatic carbocycles. The number of hydrogen-bond acceptors (Lipinski definition) is 3. The van der Waals surface area contributed by atoms with Crippen LogP contribution in [0.2, 0.25) is 0 Å². The molecule has 2 aromatic rings. The number of benzene rings is 1. The van der Waals surface area contributed by atoms with Gasteiger partial charge in [-0.25, -0.2) is 0 Å². The van der Waals surface area contributed by atoms with Gasteiger partial charge < -0.3 is 10.1 Å². The summed E-state index contributed by atoms with van der Waals surface area (Å²) < 4.78 is 5.28. The van der Waals surface area contributed by atoms with Crippen molar-refractivity contribution < 1.29 is 4.74 Å². The topological polar surface area (TPSA) is 34.1 Å². The zero-order valence-electron chi connectivity index (χ0n) is 12.5. The van der Waals surface area contributed by atoms with Crippen LogP contribution in [-0.4, -0.2) is 25.2 Å². The zero-order chi connectivity index (χ0) is 14.5. The highest BCUT2D eigenvalue weighted by atomic mass is 16.5. The van der Waals surface area contributed by atoms with Gasteiger partial charge in [0.15, 0.2) is 0 Å². The molecule has 1 N–H and O–H groups in total. The van der Waals surface area contributed by atoms with Crippen LogP contribution >= 0.6 is 0 Å². The van der Waals surface area contributed by atoms with Crippen molar-refractivity contribution in [2.75, 3.05) is 20.2 Å². The van der Waals surface area contributed by atoms with Gasteiger partial charge in [0.05, 0.1) is 7.11 Å². The summed E-state index contributed by atoms with van der Waals surface area (Å²) in [5.41, 5.74) is 3.59. The molecule has 3 nitrogen and oxygen atoms in total. The first kappa shape index (κ1) is 14.1. The van der Waals surface area contributed by atoms with E-state index in [0.29, 0.717) is 5.92 Å². The van der Waals surface area contributed by atoms with E-state index in [9.17, 15) is 0 Å². The number of rotatable bonds is 4. The van der Waals surface area contributed by atoms with Gasteiger partial charge in [0, 0.05) is 30.3 Å². The first-order valence-corrected chi connectivity index (χ1v) is 7.64. The number of nitrogens with zero attached hydrogens (tertiary/aromatic N) is 1. The highest BCUT2D eigenvalue weighted by Gasteiger charge is 2.16. The number of nitrogens with one attached hydrogen (secondary N) is 1. The molecule has 0 saturated carbocycles. The Labute approximate surface area is 126 Å². The van der Waals surface area contributed by atoms with Gasteiger partial charge >= 0.3 is 0 Å². The summed E-state index contributed by atoms with van der Waals surface area (Å²) >= 11 is 0. The third-order valence-electron chi connectivity index (χ3n) is 4.06. The highest BCUT2D eigenvalue weighted by molar-refractivity contribution is 5.31. The molecule has 3 heteroatoms. The monoisotopic (exact) mass is 282 g/mol. The van der Waals surface area contributed by atoms with Crippen molar-refractivity contribution in [3.05, 3.63) is 59.4 Å². The molecule has 0 amide bonds. The van der Waals surface area contributed by atoms with Gasteiger partial charge in [0.25, 0.3) is 0 Å². The van der Waals surface area contributed by atoms with Crippen LogP contribution in [0.4, 0.5) is 0 Å².